The van der Waals surface area contributed by atoms with Crippen LogP contribution in [0.25, 0.3) is 0 Å². The third-order valence-electron chi connectivity index (χ3n) is 4.26. The lowest BCUT2D eigenvalue weighted by Crippen LogP contribution is -2.50. The van der Waals surface area contributed by atoms with E-state index in [0.29, 0.717) is 24.5 Å². The van der Waals surface area contributed by atoms with Gasteiger partial charge in [0.05, 0.1) is 0 Å². The summed E-state index contributed by atoms with van der Waals surface area (Å²) in [5.41, 5.74) is 0.987. The molecule has 2 rings (SSSR count). The van der Waals surface area contributed by atoms with Crippen LogP contribution in [0.15, 0.2) is 30.3 Å². The molecule has 128 valence electrons. The molecule has 0 spiro atoms. The predicted molar refractivity (Wildman–Crippen MR) is 93.7 cm³/mol. The fourth-order valence-electron chi connectivity index (χ4n) is 2.93. The molecule has 1 aromatic rings. The van der Waals surface area contributed by atoms with E-state index in [-0.39, 0.29) is 6.09 Å². The van der Waals surface area contributed by atoms with Crippen LogP contribution < -0.4 is 10.6 Å². The number of carbonyl (C=O) groups is 1. The van der Waals surface area contributed by atoms with Crippen molar-refractivity contribution in [3.8, 4) is 0 Å². The Morgan fingerprint density at radius 2 is 1.91 bits per heavy atom. The second kappa shape index (κ2) is 7.82. The first-order chi connectivity index (χ1) is 10.9. The number of benzene rings is 1. The summed E-state index contributed by atoms with van der Waals surface area (Å²) in [4.78, 5) is 11.7. The van der Waals surface area contributed by atoms with Crippen LogP contribution in [-0.2, 0) is 4.74 Å². The van der Waals surface area contributed by atoms with Crippen molar-refractivity contribution in [2.75, 3.05) is 6.54 Å². The van der Waals surface area contributed by atoms with Crippen LogP contribution in [0.4, 0.5) is 4.79 Å². The minimum Gasteiger partial charge on any atom is -0.444 e. The van der Waals surface area contributed by atoms with Gasteiger partial charge in [-0.2, -0.15) is 0 Å². The summed E-state index contributed by atoms with van der Waals surface area (Å²) in [6.45, 7) is 8.38. The Morgan fingerprint density at radius 1 is 1.26 bits per heavy atom. The zero-order chi connectivity index (χ0) is 16.9. The molecule has 0 radical (unpaired) electrons. The SMILES string of the molecule is CCC(CNC(=O)OC(C)(C)C)NC1CC(c2ccccc2)C1. The van der Waals surface area contributed by atoms with Gasteiger partial charge in [-0.15, -0.1) is 0 Å². The largest absolute Gasteiger partial charge is 0.444 e. The van der Waals surface area contributed by atoms with E-state index in [4.69, 9.17) is 4.74 Å². The van der Waals surface area contributed by atoms with E-state index in [1.54, 1.807) is 0 Å². The first kappa shape index (κ1) is 17.8. The molecular formula is C19H30N2O2. The van der Waals surface area contributed by atoms with Gasteiger partial charge in [0.1, 0.15) is 5.60 Å². The molecule has 0 bridgehead atoms. The van der Waals surface area contributed by atoms with Crippen molar-refractivity contribution in [2.45, 2.75) is 70.6 Å². The van der Waals surface area contributed by atoms with E-state index in [1.165, 1.54) is 18.4 Å². The zero-order valence-corrected chi connectivity index (χ0v) is 14.8. The number of hydrogen-bond donors (Lipinski definition) is 2. The van der Waals surface area contributed by atoms with Crippen molar-refractivity contribution < 1.29 is 9.53 Å². The molecular weight excluding hydrogens is 288 g/mol. The summed E-state index contributed by atoms with van der Waals surface area (Å²) in [7, 11) is 0. The van der Waals surface area contributed by atoms with Gasteiger partial charge in [-0.3, -0.25) is 0 Å². The molecule has 1 atom stereocenters. The van der Waals surface area contributed by atoms with Crippen molar-refractivity contribution in [1.82, 2.24) is 10.6 Å². The summed E-state index contributed by atoms with van der Waals surface area (Å²) >= 11 is 0. The molecule has 4 heteroatoms. The van der Waals surface area contributed by atoms with Gasteiger partial charge < -0.3 is 15.4 Å². The Bertz CT molecular complexity index is 490. The Labute approximate surface area is 140 Å². The normalized spacial score (nSPS) is 22.1. The molecule has 23 heavy (non-hydrogen) atoms. The van der Waals surface area contributed by atoms with Gasteiger partial charge in [0, 0.05) is 18.6 Å². The number of amides is 1. The summed E-state index contributed by atoms with van der Waals surface area (Å²) in [5, 5.41) is 6.51. The van der Waals surface area contributed by atoms with E-state index in [9.17, 15) is 4.79 Å². The first-order valence-electron chi connectivity index (χ1n) is 8.65. The Kier molecular flexibility index (Phi) is 6.05. The minimum atomic E-state index is -0.448. The topological polar surface area (TPSA) is 50.4 Å². The van der Waals surface area contributed by atoms with Gasteiger partial charge >= 0.3 is 6.09 Å². The standard InChI is InChI=1S/C19H30N2O2/c1-5-16(13-20-18(22)23-19(2,3)4)21-17-11-15(12-17)14-9-7-6-8-10-14/h6-10,15-17,21H,5,11-13H2,1-4H3,(H,20,22). The fraction of sp³-hybridized carbons (Fsp3) is 0.632. The monoisotopic (exact) mass is 318 g/mol. The lowest BCUT2D eigenvalue weighted by Gasteiger charge is -2.38. The number of hydrogen-bond acceptors (Lipinski definition) is 3. The highest BCUT2D eigenvalue weighted by atomic mass is 16.6. The van der Waals surface area contributed by atoms with Crippen LogP contribution in [0.2, 0.25) is 0 Å². The van der Waals surface area contributed by atoms with Crippen LogP contribution in [0, 0.1) is 0 Å². The average molecular weight is 318 g/mol. The maximum Gasteiger partial charge on any atom is 0.407 e. The fourth-order valence-corrected chi connectivity index (χ4v) is 2.93. The lowest BCUT2D eigenvalue weighted by atomic mass is 9.75. The summed E-state index contributed by atoms with van der Waals surface area (Å²) in [6.07, 6.45) is 3.00. The highest BCUT2D eigenvalue weighted by Gasteiger charge is 2.31. The van der Waals surface area contributed by atoms with Crippen LogP contribution >= 0.6 is 0 Å². The number of ether oxygens (including phenoxy) is 1. The smallest absolute Gasteiger partial charge is 0.407 e. The summed E-state index contributed by atoms with van der Waals surface area (Å²) < 4.78 is 5.27. The minimum absolute atomic E-state index is 0.296. The highest BCUT2D eigenvalue weighted by molar-refractivity contribution is 5.67. The van der Waals surface area contributed by atoms with Crippen molar-refractivity contribution in [2.24, 2.45) is 0 Å². The van der Waals surface area contributed by atoms with E-state index in [0.717, 1.165) is 6.42 Å². The van der Waals surface area contributed by atoms with Gasteiger partial charge in [0.25, 0.3) is 0 Å². The molecule has 0 aromatic heterocycles. The highest BCUT2D eigenvalue weighted by Crippen LogP contribution is 2.36. The lowest BCUT2D eigenvalue weighted by molar-refractivity contribution is 0.0520. The van der Waals surface area contributed by atoms with Crippen LogP contribution in [-0.4, -0.2) is 30.3 Å². The third-order valence-corrected chi connectivity index (χ3v) is 4.26. The number of nitrogens with one attached hydrogen (secondary N) is 2. The second-order valence-electron chi connectivity index (χ2n) is 7.43. The van der Waals surface area contributed by atoms with Crippen molar-refractivity contribution in [3.63, 3.8) is 0 Å². The molecule has 0 saturated heterocycles. The average Bonchev–Trinajstić information content (AvgIpc) is 2.44. The summed E-state index contributed by atoms with van der Waals surface area (Å²) in [5.74, 6) is 0.671. The quantitative estimate of drug-likeness (QED) is 0.838. The molecule has 1 aromatic carbocycles. The van der Waals surface area contributed by atoms with Crippen molar-refractivity contribution in [1.29, 1.82) is 0 Å². The molecule has 1 aliphatic rings. The van der Waals surface area contributed by atoms with Gasteiger partial charge in [0.2, 0.25) is 0 Å². The van der Waals surface area contributed by atoms with Gasteiger partial charge in [-0.1, -0.05) is 37.3 Å². The molecule has 4 nitrogen and oxygen atoms in total. The molecule has 1 aliphatic carbocycles. The third kappa shape index (κ3) is 5.87. The number of alkyl carbamates (subject to hydrolysis) is 1. The Balaban J connectivity index is 1.69. The van der Waals surface area contributed by atoms with E-state index < -0.39 is 5.60 Å². The molecule has 1 fully saturated rings. The van der Waals surface area contributed by atoms with Crippen molar-refractivity contribution >= 4 is 6.09 Å². The van der Waals surface area contributed by atoms with Gasteiger partial charge in [-0.05, 0) is 51.5 Å². The van der Waals surface area contributed by atoms with Crippen LogP contribution in [0.5, 0.6) is 0 Å². The maximum absolute atomic E-state index is 11.7. The van der Waals surface area contributed by atoms with Gasteiger partial charge in [0.15, 0.2) is 0 Å². The van der Waals surface area contributed by atoms with E-state index >= 15 is 0 Å². The molecule has 0 aliphatic heterocycles. The summed E-state index contributed by atoms with van der Waals surface area (Å²) in [6, 6.07) is 11.5. The molecule has 2 N–H and O–H groups in total. The second-order valence-corrected chi connectivity index (χ2v) is 7.43. The zero-order valence-electron chi connectivity index (χ0n) is 14.8. The van der Waals surface area contributed by atoms with E-state index in [1.807, 2.05) is 20.8 Å². The first-order valence-corrected chi connectivity index (χ1v) is 8.65. The van der Waals surface area contributed by atoms with Gasteiger partial charge in [-0.25, -0.2) is 4.79 Å². The predicted octanol–water partition coefficient (Wildman–Crippen LogP) is 3.83. The molecule has 1 unspecified atom stereocenters. The molecule has 0 heterocycles. The van der Waals surface area contributed by atoms with E-state index in [2.05, 4.69) is 47.9 Å². The van der Waals surface area contributed by atoms with Crippen LogP contribution in [0.3, 0.4) is 0 Å². The number of rotatable bonds is 6. The Morgan fingerprint density at radius 3 is 2.48 bits per heavy atom. The van der Waals surface area contributed by atoms with Crippen molar-refractivity contribution in [3.05, 3.63) is 35.9 Å². The van der Waals surface area contributed by atoms with Crippen LogP contribution in [0.1, 0.15) is 58.4 Å². The maximum atomic E-state index is 11.7. The molecule has 1 amide bonds. The molecule has 1 saturated carbocycles. The Hall–Kier alpha value is -1.55. The number of carbonyl (C=O) groups excluding carboxylic acids is 1.